The van der Waals surface area contributed by atoms with Crippen LogP contribution in [0.1, 0.15) is 44.1 Å². The standard InChI is InChI=1S/C22H33N3O4/c1-28-19-10-8-9-17(21(19)29-2)16-25-14-11-23-22(27)18(25)15-20(26)24-12-6-4-3-5-7-13-24/h8-10,18H,3-7,11-16H2,1-2H3,(H,23,27)/t18-/m0/s1. The zero-order valence-corrected chi connectivity index (χ0v) is 17.6. The molecule has 1 atom stereocenters. The Labute approximate surface area is 173 Å². The van der Waals surface area contributed by atoms with E-state index in [1.54, 1.807) is 14.2 Å². The highest BCUT2D eigenvalue weighted by Crippen LogP contribution is 2.32. The molecular formula is C22H33N3O4. The third-order valence-electron chi connectivity index (χ3n) is 5.88. The Morgan fingerprint density at radius 1 is 1.07 bits per heavy atom. The van der Waals surface area contributed by atoms with Crippen LogP contribution < -0.4 is 14.8 Å². The molecule has 0 saturated carbocycles. The van der Waals surface area contributed by atoms with Crippen molar-refractivity contribution < 1.29 is 19.1 Å². The van der Waals surface area contributed by atoms with Crippen molar-refractivity contribution in [2.45, 2.75) is 51.1 Å². The minimum absolute atomic E-state index is 0.0708. The van der Waals surface area contributed by atoms with E-state index in [1.165, 1.54) is 19.3 Å². The lowest BCUT2D eigenvalue weighted by Gasteiger charge is -2.36. The van der Waals surface area contributed by atoms with Gasteiger partial charge in [0.15, 0.2) is 11.5 Å². The lowest BCUT2D eigenvalue weighted by molar-refractivity contribution is -0.139. The number of methoxy groups -OCH3 is 2. The molecule has 0 radical (unpaired) electrons. The number of likely N-dealkylation sites (tertiary alicyclic amines) is 1. The summed E-state index contributed by atoms with van der Waals surface area (Å²) >= 11 is 0. The summed E-state index contributed by atoms with van der Waals surface area (Å²) in [5.74, 6) is 1.35. The second kappa shape index (κ2) is 10.5. The number of amides is 2. The van der Waals surface area contributed by atoms with Crippen LogP contribution in [0.15, 0.2) is 18.2 Å². The third kappa shape index (κ3) is 5.41. The van der Waals surface area contributed by atoms with Crippen LogP contribution in [0.2, 0.25) is 0 Å². The van der Waals surface area contributed by atoms with Crippen molar-refractivity contribution >= 4 is 11.8 Å². The number of nitrogens with one attached hydrogen (secondary N) is 1. The van der Waals surface area contributed by atoms with Crippen molar-refractivity contribution in [1.29, 1.82) is 0 Å². The zero-order chi connectivity index (χ0) is 20.6. The number of para-hydroxylation sites is 1. The Hall–Kier alpha value is -2.28. The molecular weight excluding hydrogens is 370 g/mol. The van der Waals surface area contributed by atoms with Gasteiger partial charge in [-0.15, -0.1) is 0 Å². The average molecular weight is 404 g/mol. The Morgan fingerprint density at radius 3 is 2.48 bits per heavy atom. The van der Waals surface area contributed by atoms with Crippen molar-refractivity contribution in [1.82, 2.24) is 15.1 Å². The summed E-state index contributed by atoms with van der Waals surface area (Å²) in [6, 6.07) is 5.29. The number of carbonyl (C=O) groups is 2. The van der Waals surface area contributed by atoms with Gasteiger partial charge in [0.25, 0.3) is 0 Å². The molecule has 7 nitrogen and oxygen atoms in total. The number of hydrogen-bond donors (Lipinski definition) is 1. The largest absolute Gasteiger partial charge is 0.493 e. The highest BCUT2D eigenvalue weighted by atomic mass is 16.5. The van der Waals surface area contributed by atoms with Crippen molar-refractivity contribution in [3.63, 3.8) is 0 Å². The van der Waals surface area contributed by atoms with E-state index in [2.05, 4.69) is 10.2 Å². The number of hydrogen-bond acceptors (Lipinski definition) is 5. The fourth-order valence-electron chi connectivity index (χ4n) is 4.26. The zero-order valence-electron chi connectivity index (χ0n) is 17.6. The maximum atomic E-state index is 13.0. The fraction of sp³-hybridized carbons (Fsp3) is 0.636. The third-order valence-corrected chi connectivity index (χ3v) is 5.88. The van der Waals surface area contributed by atoms with Crippen molar-refractivity contribution in [3.8, 4) is 11.5 Å². The molecule has 1 aromatic rings. The highest BCUT2D eigenvalue weighted by Gasteiger charge is 2.33. The van der Waals surface area contributed by atoms with Crippen LogP contribution in [0.3, 0.4) is 0 Å². The van der Waals surface area contributed by atoms with Gasteiger partial charge in [0.1, 0.15) is 0 Å². The number of piperazine rings is 1. The summed E-state index contributed by atoms with van der Waals surface area (Å²) in [7, 11) is 3.23. The summed E-state index contributed by atoms with van der Waals surface area (Å²) in [4.78, 5) is 29.6. The predicted octanol–water partition coefficient (Wildman–Crippen LogP) is 2.19. The molecule has 29 heavy (non-hydrogen) atoms. The number of ether oxygens (including phenoxy) is 2. The van der Waals surface area contributed by atoms with E-state index in [9.17, 15) is 9.59 Å². The van der Waals surface area contributed by atoms with Crippen LogP contribution in [0.25, 0.3) is 0 Å². The summed E-state index contributed by atoms with van der Waals surface area (Å²) < 4.78 is 10.9. The van der Waals surface area contributed by atoms with E-state index in [1.807, 2.05) is 23.1 Å². The molecule has 0 aliphatic carbocycles. The van der Waals surface area contributed by atoms with Crippen LogP contribution in [0, 0.1) is 0 Å². The molecule has 7 heteroatoms. The number of carbonyl (C=O) groups excluding carboxylic acids is 2. The van der Waals surface area contributed by atoms with Gasteiger partial charge in [-0.2, -0.15) is 0 Å². The van der Waals surface area contributed by atoms with Gasteiger partial charge in [0.05, 0.1) is 26.7 Å². The Balaban J connectivity index is 1.72. The first-order valence-corrected chi connectivity index (χ1v) is 10.6. The second-order valence-electron chi connectivity index (χ2n) is 7.78. The molecule has 2 amide bonds. The molecule has 1 aromatic carbocycles. The SMILES string of the molecule is COc1cccc(CN2CCNC(=O)[C@@H]2CC(=O)N2CCCCCCC2)c1OC. The quantitative estimate of drug-likeness (QED) is 0.788. The monoisotopic (exact) mass is 403 g/mol. The summed E-state index contributed by atoms with van der Waals surface area (Å²) in [5, 5.41) is 2.92. The van der Waals surface area contributed by atoms with Crippen LogP contribution in [-0.4, -0.2) is 68.1 Å². The molecule has 2 fully saturated rings. The van der Waals surface area contributed by atoms with E-state index in [-0.39, 0.29) is 18.2 Å². The van der Waals surface area contributed by atoms with Gasteiger partial charge in [-0.3, -0.25) is 14.5 Å². The van der Waals surface area contributed by atoms with Gasteiger partial charge in [0.2, 0.25) is 11.8 Å². The highest BCUT2D eigenvalue weighted by molar-refractivity contribution is 5.88. The smallest absolute Gasteiger partial charge is 0.237 e. The molecule has 0 spiro atoms. The molecule has 1 N–H and O–H groups in total. The molecule has 0 aromatic heterocycles. The minimum atomic E-state index is -0.461. The van der Waals surface area contributed by atoms with Crippen molar-refractivity contribution in [2.75, 3.05) is 40.4 Å². The summed E-state index contributed by atoms with van der Waals surface area (Å²) in [5.41, 5.74) is 0.949. The van der Waals surface area contributed by atoms with Crippen LogP contribution in [-0.2, 0) is 16.1 Å². The Morgan fingerprint density at radius 2 is 1.79 bits per heavy atom. The molecule has 2 aliphatic rings. The molecule has 0 bridgehead atoms. The van der Waals surface area contributed by atoms with E-state index < -0.39 is 6.04 Å². The van der Waals surface area contributed by atoms with E-state index in [0.29, 0.717) is 31.1 Å². The number of rotatable bonds is 6. The maximum absolute atomic E-state index is 13.0. The molecule has 2 aliphatic heterocycles. The molecule has 3 rings (SSSR count). The van der Waals surface area contributed by atoms with Crippen molar-refractivity contribution in [3.05, 3.63) is 23.8 Å². The van der Waals surface area contributed by atoms with Gasteiger partial charge < -0.3 is 19.7 Å². The first kappa shape index (κ1) is 21.4. The number of nitrogens with zero attached hydrogens (tertiary/aromatic N) is 2. The van der Waals surface area contributed by atoms with Gasteiger partial charge in [-0.05, 0) is 18.9 Å². The fourth-order valence-corrected chi connectivity index (χ4v) is 4.26. The predicted molar refractivity (Wildman–Crippen MR) is 111 cm³/mol. The van der Waals surface area contributed by atoms with Crippen LogP contribution in [0.5, 0.6) is 11.5 Å². The summed E-state index contributed by atoms with van der Waals surface area (Å²) in [6.07, 6.45) is 5.92. The number of benzene rings is 1. The molecule has 2 heterocycles. The lowest BCUT2D eigenvalue weighted by Crippen LogP contribution is -2.56. The van der Waals surface area contributed by atoms with Crippen LogP contribution >= 0.6 is 0 Å². The first-order chi connectivity index (χ1) is 14.1. The first-order valence-electron chi connectivity index (χ1n) is 10.6. The minimum Gasteiger partial charge on any atom is -0.493 e. The topological polar surface area (TPSA) is 71.1 Å². The molecule has 2 saturated heterocycles. The normalized spacial score (nSPS) is 21.1. The maximum Gasteiger partial charge on any atom is 0.237 e. The van der Waals surface area contributed by atoms with E-state index in [4.69, 9.17) is 9.47 Å². The lowest BCUT2D eigenvalue weighted by atomic mass is 10.0. The van der Waals surface area contributed by atoms with E-state index >= 15 is 0 Å². The molecule has 160 valence electrons. The Bertz CT molecular complexity index is 701. The van der Waals surface area contributed by atoms with Crippen molar-refractivity contribution in [2.24, 2.45) is 0 Å². The van der Waals surface area contributed by atoms with Gasteiger partial charge >= 0.3 is 0 Å². The average Bonchev–Trinajstić information content (AvgIpc) is 2.70. The molecule has 0 unspecified atom stereocenters. The van der Waals surface area contributed by atoms with Gasteiger partial charge in [-0.1, -0.05) is 31.4 Å². The Kier molecular flexibility index (Phi) is 7.75. The second-order valence-corrected chi connectivity index (χ2v) is 7.78. The van der Waals surface area contributed by atoms with Crippen LogP contribution in [0.4, 0.5) is 0 Å². The van der Waals surface area contributed by atoms with E-state index in [0.717, 1.165) is 31.5 Å². The van der Waals surface area contributed by atoms with Gasteiger partial charge in [-0.25, -0.2) is 0 Å². The van der Waals surface area contributed by atoms with Gasteiger partial charge in [0, 0.05) is 38.3 Å². The summed E-state index contributed by atoms with van der Waals surface area (Å²) in [6.45, 7) is 3.42.